The van der Waals surface area contributed by atoms with Crippen molar-refractivity contribution in [1.29, 1.82) is 0 Å². The van der Waals surface area contributed by atoms with Gasteiger partial charge in [-0.3, -0.25) is 4.72 Å². The zero-order valence-corrected chi connectivity index (χ0v) is 17.7. The third kappa shape index (κ3) is 4.44. The first kappa shape index (κ1) is 19.5. The van der Waals surface area contributed by atoms with Crippen molar-refractivity contribution in [3.63, 3.8) is 0 Å². The van der Waals surface area contributed by atoms with Crippen molar-refractivity contribution < 1.29 is 8.42 Å². The first-order valence-corrected chi connectivity index (χ1v) is 10.9. The van der Waals surface area contributed by atoms with Gasteiger partial charge in [0, 0.05) is 15.5 Å². The lowest BCUT2D eigenvalue weighted by Gasteiger charge is -2.10. The number of fused-ring (bicyclic) bond motifs is 1. The summed E-state index contributed by atoms with van der Waals surface area (Å²) in [5.74, 6) is 0.691. The number of nitrogens with zero attached hydrogens (tertiary/aromatic N) is 4. The van der Waals surface area contributed by atoms with Gasteiger partial charge >= 0.3 is 0 Å². The topological polar surface area (TPSA) is 110 Å². The van der Waals surface area contributed by atoms with E-state index >= 15 is 0 Å². The summed E-state index contributed by atoms with van der Waals surface area (Å²) < 4.78 is 28.3. The van der Waals surface area contributed by atoms with Gasteiger partial charge in [0.25, 0.3) is 10.0 Å². The monoisotopic (exact) mass is 490 g/mol. The van der Waals surface area contributed by atoms with Gasteiger partial charge in [-0.25, -0.2) is 18.4 Å². The van der Waals surface area contributed by atoms with Crippen molar-refractivity contribution in [1.82, 2.24) is 20.2 Å². The van der Waals surface area contributed by atoms with Crippen molar-refractivity contribution in [2.75, 3.05) is 10.0 Å². The average Bonchev–Trinajstić information content (AvgIpc) is 2.70. The van der Waals surface area contributed by atoms with Crippen LogP contribution in [0.25, 0.3) is 10.9 Å². The molecule has 4 aromatic rings. The zero-order chi connectivity index (χ0) is 20.4. The van der Waals surface area contributed by atoms with Gasteiger partial charge in [0.1, 0.15) is 12.1 Å². The molecule has 0 aliphatic rings. The molecule has 4 rings (SSSR count). The number of halogens is 2. The van der Waals surface area contributed by atoms with Gasteiger partial charge in [0.2, 0.25) is 0 Å². The molecule has 0 bridgehead atoms. The summed E-state index contributed by atoms with van der Waals surface area (Å²) >= 11 is 9.10. The minimum Gasteiger partial charge on any atom is -0.340 e. The van der Waals surface area contributed by atoms with Crippen LogP contribution in [-0.4, -0.2) is 28.6 Å². The van der Waals surface area contributed by atoms with Gasteiger partial charge in [-0.1, -0.05) is 27.5 Å². The molecule has 8 nitrogen and oxygen atoms in total. The van der Waals surface area contributed by atoms with E-state index in [0.717, 1.165) is 15.4 Å². The molecule has 146 valence electrons. The Balaban J connectivity index is 1.57. The Morgan fingerprint density at radius 2 is 1.72 bits per heavy atom. The third-order valence-electron chi connectivity index (χ3n) is 3.90. The fourth-order valence-electron chi connectivity index (χ4n) is 2.55. The van der Waals surface area contributed by atoms with E-state index < -0.39 is 10.0 Å². The van der Waals surface area contributed by atoms with Crippen LogP contribution >= 0.6 is 27.5 Å². The van der Waals surface area contributed by atoms with Crippen molar-refractivity contribution in [3.05, 3.63) is 70.6 Å². The van der Waals surface area contributed by atoms with Gasteiger partial charge in [0.05, 0.1) is 10.4 Å². The molecule has 0 fully saturated rings. The molecule has 29 heavy (non-hydrogen) atoms. The number of hydrogen-bond acceptors (Lipinski definition) is 7. The second-order valence-corrected chi connectivity index (χ2v) is 8.87. The minimum absolute atomic E-state index is 0.0784. The maximum Gasteiger partial charge on any atom is 0.263 e. The third-order valence-corrected chi connectivity index (χ3v) is 5.96. The Morgan fingerprint density at radius 1 is 0.931 bits per heavy atom. The highest BCUT2D eigenvalue weighted by Crippen LogP contribution is 2.26. The summed E-state index contributed by atoms with van der Waals surface area (Å²) in [5.41, 5.74) is 1.47. The van der Waals surface area contributed by atoms with E-state index in [0.29, 0.717) is 11.5 Å². The molecule has 0 atom stereocenters. The quantitative estimate of drug-likeness (QED) is 0.426. The van der Waals surface area contributed by atoms with Crippen LogP contribution in [0.2, 0.25) is 5.15 Å². The van der Waals surface area contributed by atoms with Gasteiger partial charge in [-0.15, -0.1) is 10.2 Å². The van der Waals surface area contributed by atoms with E-state index in [2.05, 4.69) is 46.1 Å². The Bertz CT molecular complexity index is 1280. The van der Waals surface area contributed by atoms with Crippen molar-refractivity contribution >= 4 is 65.8 Å². The number of hydrogen-bond donors (Lipinski definition) is 2. The Labute approximate surface area is 179 Å². The second kappa shape index (κ2) is 7.90. The first-order valence-electron chi connectivity index (χ1n) is 8.20. The molecule has 2 heterocycles. The lowest BCUT2D eigenvalue weighted by atomic mass is 10.2. The van der Waals surface area contributed by atoms with Crippen molar-refractivity contribution in [3.8, 4) is 0 Å². The summed E-state index contributed by atoms with van der Waals surface area (Å²) in [6, 6.07) is 14.8. The van der Waals surface area contributed by atoms with Gasteiger partial charge in [-0.05, 0) is 54.6 Å². The smallest absolute Gasteiger partial charge is 0.263 e. The standard InChI is InChI=1S/C18H12BrClN6O2S/c19-11-1-6-15-14(9-11)18(22-10-21-15)23-12-2-4-13(5-3-12)29(27,28)26-17-8-7-16(20)24-25-17/h1-10H,(H,25,26)(H,21,22,23). The summed E-state index contributed by atoms with van der Waals surface area (Å²) in [4.78, 5) is 8.59. The van der Waals surface area contributed by atoms with Crippen LogP contribution in [0.4, 0.5) is 17.3 Å². The fourth-order valence-corrected chi connectivity index (χ4v) is 4.01. The molecule has 0 radical (unpaired) electrons. The maximum absolute atomic E-state index is 12.5. The van der Waals surface area contributed by atoms with Gasteiger partial charge < -0.3 is 5.32 Å². The van der Waals surface area contributed by atoms with Crippen LogP contribution in [0, 0.1) is 0 Å². The van der Waals surface area contributed by atoms with Crippen LogP contribution < -0.4 is 10.0 Å². The molecule has 0 saturated carbocycles. The number of benzene rings is 2. The fraction of sp³-hybridized carbons (Fsp3) is 0. The molecule has 0 unspecified atom stereocenters. The van der Waals surface area contributed by atoms with E-state index in [1.807, 2.05) is 18.2 Å². The van der Waals surface area contributed by atoms with Crippen LogP contribution in [0.5, 0.6) is 0 Å². The van der Waals surface area contributed by atoms with Gasteiger partial charge in [-0.2, -0.15) is 0 Å². The summed E-state index contributed by atoms with van der Waals surface area (Å²) in [6.45, 7) is 0. The normalized spacial score (nSPS) is 11.4. The molecule has 0 aliphatic heterocycles. The molecule has 0 amide bonds. The largest absolute Gasteiger partial charge is 0.340 e. The Morgan fingerprint density at radius 3 is 2.45 bits per heavy atom. The van der Waals surface area contributed by atoms with Gasteiger partial charge in [0.15, 0.2) is 11.0 Å². The number of anilines is 3. The minimum atomic E-state index is -3.81. The van der Waals surface area contributed by atoms with E-state index in [1.54, 1.807) is 12.1 Å². The van der Waals surface area contributed by atoms with Crippen molar-refractivity contribution in [2.45, 2.75) is 4.90 Å². The Kier molecular flexibility index (Phi) is 5.31. The van der Waals surface area contributed by atoms with Crippen LogP contribution in [0.3, 0.4) is 0 Å². The number of sulfonamides is 1. The maximum atomic E-state index is 12.5. The molecule has 0 aliphatic carbocycles. The van der Waals surface area contributed by atoms with E-state index in [-0.39, 0.29) is 15.9 Å². The molecular formula is C18H12BrClN6O2S. The van der Waals surface area contributed by atoms with Crippen LogP contribution in [-0.2, 0) is 10.0 Å². The molecule has 0 spiro atoms. The molecule has 2 N–H and O–H groups in total. The lowest BCUT2D eigenvalue weighted by molar-refractivity contribution is 0.601. The predicted octanol–water partition coefficient (Wildman–Crippen LogP) is 4.38. The SMILES string of the molecule is O=S(=O)(Nc1ccc(Cl)nn1)c1ccc(Nc2ncnc3ccc(Br)cc23)cc1. The summed E-state index contributed by atoms with van der Waals surface area (Å²) in [5, 5.41) is 11.5. The van der Waals surface area contributed by atoms with Crippen molar-refractivity contribution in [2.24, 2.45) is 0 Å². The Hall–Kier alpha value is -2.82. The molecule has 2 aromatic heterocycles. The molecular weight excluding hydrogens is 480 g/mol. The highest BCUT2D eigenvalue weighted by molar-refractivity contribution is 9.10. The second-order valence-electron chi connectivity index (χ2n) is 5.88. The molecule has 2 aromatic carbocycles. The molecule has 11 heteroatoms. The first-order chi connectivity index (χ1) is 13.9. The number of rotatable bonds is 5. The zero-order valence-electron chi connectivity index (χ0n) is 14.5. The average molecular weight is 492 g/mol. The van der Waals surface area contributed by atoms with Crippen LogP contribution in [0.15, 0.2) is 70.3 Å². The summed E-state index contributed by atoms with van der Waals surface area (Å²) in [6.07, 6.45) is 1.47. The van der Waals surface area contributed by atoms with E-state index in [9.17, 15) is 8.42 Å². The highest BCUT2D eigenvalue weighted by atomic mass is 79.9. The molecule has 0 saturated heterocycles. The number of nitrogens with one attached hydrogen (secondary N) is 2. The van der Waals surface area contributed by atoms with E-state index in [4.69, 9.17) is 11.6 Å². The predicted molar refractivity (Wildman–Crippen MR) is 115 cm³/mol. The van der Waals surface area contributed by atoms with Crippen LogP contribution in [0.1, 0.15) is 0 Å². The summed E-state index contributed by atoms with van der Waals surface area (Å²) in [7, 11) is -3.81. The van der Waals surface area contributed by atoms with E-state index in [1.165, 1.54) is 30.6 Å². The highest BCUT2D eigenvalue weighted by Gasteiger charge is 2.15. The lowest BCUT2D eigenvalue weighted by Crippen LogP contribution is -2.14. The number of aromatic nitrogens is 4.